The van der Waals surface area contributed by atoms with Crippen LogP contribution in [0.1, 0.15) is 43.2 Å². The maximum Gasteiger partial charge on any atom is 0.233 e. The van der Waals surface area contributed by atoms with Crippen LogP contribution in [0.15, 0.2) is 24.3 Å². The van der Waals surface area contributed by atoms with E-state index in [9.17, 15) is 14.4 Å². The molecule has 3 amide bonds. The van der Waals surface area contributed by atoms with Crippen molar-refractivity contribution >= 4 is 17.7 Å². The Morgan fingerprint density at radius 3 is 2.26 bits per heavy atom. The van der Waals surface area contributed by atoms with E-state index in [0.29, 0.717) is 6.54 Å². The number of hydrogen-bond acceptors (Lipinski definition) is 4. The smallest absolute Gasteiger partial charge is 0.233 e. The molecule has 1 aliphatic carbocycles. The molecule has 2 atom stereocenters. The van der Waals surface area contributed by atoms with Gasteiger partial charge in [0.25, 0.3) is 0 Å². The van der Waals surface area contributed by atoms with Crippen LogP contribution in [-0.4, -0.2) is 48.2 Å². The van der Waals surface area contributed by atoms with Crippen LogP contribution in [0, 0.1) is 11.8 Å². The summed E-state index contributed by atoms with van der Waals surface area (Å²) < 4.78 is 0. The Hall–Kier alpha value is -2.21. The van der Waals surface area contributed by atoms with Gasteiger partial charge in [-0.2, -0.15) is 0 Å². The first-order chi connectivity index (χ1) is 13.0. The van der Waals surface area contributed by atoms with E-state index in [1.165, 1.54) is 10.5 Å². The Balaban J connectivity index is 1.51. The Labute approximate surface area is 160 Å². The first-order valence-electron chi connectivity index (χ1n) is 9.81. The first-order valence-corrected chi connectivity index (χ1v) is 9.81. The van der Waals surface area contributed by atoms with Crippen molar-refractivity contribution in [2.75, 3.05) is 20.6 Å². The zero-order valence-electron chi connectivity index (χ0n) is 16.2. The Morgan fingerprint density at radius 2 is 1.67 bits per heavy atom. The van der Waals surface area contributed by atoms with Crippen LogP contribution in [0.3, 0.4) is 0 Å². The molecule has 3 rings (SSSR count). The second kappa shape index (κ2) is 8.65. The largest absolute Gasteiger partial charge is 0.352 e. The summed E-state index contributed by atoms with van der Waals surface area (Å²) in [6, 6.07) is 8.03. The van der Waals surface area contributed by atoms with Gasteiger partial charge in [0.15, 0.2) is 0 Å². The Morgan fingerprint density at radius 1 is 1.07 bits per heavy atom. The maximum absolute atomic E-state index is 12.5. The zero-order chi connectivity index (χ0) is 19.4. The number of nitrogens with zero attached hydrogens (tertiary/aromatic N) is 2. The van der Waals surface area contributed by atoms with E-state index >= 15 is 0 Å². The van der Waals surface area contributed by atoms with Crippen molar-refractivity contribution in [1.29, 1.82) is 0 Å². The minimum atomic E-state index is -0.146. The number of benzene rings is 1. The van der Waals surface area contributed by atoms with E-state index < -0.39 is 0 Å². The van der Waals surface area contributed by atoms with Gasteiger partial charge in [-0.3, -0.25) is 19.3 Å². The molecular formula is C21H29N3O3. The Kier molecular flexibility index (Phi) is 6.26. The quantitative estimate of drug-likeness (QED) is 0.744. The summed E-state index contributed by atoms with van der Waals surface area (Å²) in [6.45, 7) is 1.46. The number of carbonyl (C=O) groups is 3. The monoisotopic (exact) mass is 371 g/mol. The summed E-state index contributed by atoms with van der Waals surface area (Å²) in [7, 11) is 4.02. The highest BCUT2D eigenvalue weighted by atomic mass is 16.2. The third-order valence-corrected chi connectivity index (χ3v) is 5.58. The molecule has 1 heterocycles. The number of nitrogens with one attached hydrogen (secondary N) is 1. The molecule has 2 aliphatic rings. The predicted molar refractivity (Wildman–Crippen MR) is 102 cm³/mol. The third kappa shape index (κ3) is 4.56. The van der Waals surface area contributed by atoms with Crippen molar-refractivity contribution in [2.24, 2.45) is 11.8 Å². The molecule has 1 saturated carbocycles. The van der Waals surface area contributed by atoms with Gasteiger partial charge in [-0.05, 0) is 38.1 Å². The van der Waals surface area contributed by atoms with E-state index in [1.807, 2.05) is 32.3 Å². The number of likely N-dealkylation sites (tertiary alicyclic amines) is 1. The van der Waals surface area contributed by atoms with Gasteiger partial charge in [-0.15, -0.1) is 0 Å². The first kappa shape index (κ1) is 19.5. The maximum atomic E-state index is 12.5. The highest BCUT2D eigenvalue weighted by Gasteiger charge is 2.47. The average molecular weight is 371 g/mol. The van der Waals surface area contributed by atoms with Crippen LogP contribution < -0.4 is 5.32 Å². The van der Waals surface area contributed by atoms with E-state index in [0.717, 1.165) is 37.8 Å². The van der Waals surface area contributed by atoms with E-state index in [2.05, 4.69) is 16.3 Å². The summed E-state index contributed by atoms with van der Waals surface area (Å²) >= 11 is 0. The average Bonchev–Trinajstić information content (AvgIpc) is 2.90. The Bertz CT molecular complexity index is 692. The van der Waals surface area contributed by atoms with Crippen LogP contribution >= 0.6 is 0 Å². The minimum absolute atomic E-state index is 0.0752. The number of rotatable bonds is 7. The minimum Gasteiger partial charge on any atom is -0.352 e. The fraction of sp³-hybridized carbons (Fsp3) is 0.571. The number of imide groups is 1. The summed E-state index contributed by atoms with van der Waals surface area (Å²) in [5.74, 6) is -0.577. The van der Waals surface area contributed by atoms with Crippen LogP contribution in [0.2, 0.25) is 0 Å². The van der Waals surface area contributed by atoms with Gasteiger partial charge < -0.3 is 10.2 Å². The summed E-state index contributed by atoms with van der Waals surface area (Å²) in [6.07, 6.45) is 3.80. The molecule has 0 bridgehead atoms. The molecule has 0 radical (unpaired) electrons. The topological polar surface area (TPSA) is 69.7 Å². The van der Waals surface area contributed by atoms with Gasteiger partial charge >= 0.3 is 0 Å². The van der Waals surface area contributed by atoms with Crippen molar-refractivity contribution in [1.82, 2.24) is 15.1 Å². The number of fused-ring (bicyclic) bond motifs is 1. The van der Waals surface area contributed by atoms with Crippen molar-refractivity contribution in [3.63, 3.8) is 0 Å². The zero-order valence-corrected chi connectivity index (χ0v) is 16.2. The third-order valence-electron chi connectivity index (χ3n) is 5.58. The molecule has 1 aromatic rings. The SMILES string of the molecule is CN(C)Cc1ccccc1CNC(=O)CCN1C(=O)[C@H]2CCCC[C@H]2C1=O. The highest BCUT2D eigenvalue weighted by Crippen LogP contribution is 2.37. The molecular weight excluding hydrogens is 342 g/mol. The van der Waals surface area contributed by atoms with Crippen LogP contribution in [0.4, 0.5) is 0 Å². The van der Waals surface area contributed by atoms with Gasteiger partial charge in [0.05, 0.1) is 11.8 Å². The van der Waals surface area contributed by atoms with Crippen molar-refractivity contribution in [3.8, 4) is 0 Å². The standard InChI is InChI=1S/C21H29N3O3/c1-23(2)14-16-8-4-3-7-15(16)13-22-19(25)11-12-24-20(26)17-9-5-6-10-18(17)21(24)27/h3-4,7-8,17-18H,5-6,9-14H2,1-2H3,(H,22,25)/t17-,18+. The second-order valence-electron chi connectivity index (χ2n) is 7.86. The van der Waals surface area contributed by atoms with Gasteiger partial charge in [0.2, 0.25) is 17.7 Å². The van der Waals surface area contributed by atoms with Gasteiger partial charge in [0.1, 0.15) is 0 Å². The lowest BCUT2D eigenvalue weighted by molar-refractivity contribution is -0.140. The summed E-state index contributed by atoms with van der Waals surface area (Å²) in [5.41, 5.74) is 2.26. The van der Waals surface area contributed by atoms with Crippen LogP contribution in [0.25, 0.3) is 0 Å². The lowest BCUT2D eigenvalue weighted by Gasteiger charge is -2.19. The molecule has 1 aromatic carbocycles. The molecule has 146 valence electrons. The number of carbonyl (C=O) groups excluding carboxylic acids is 3. The second-order valence-corrected chi connectivity index (χ2v) is 7.86. The molecule has 0 spiro atoms. The van der Waals surface area contributed by atoms with E-state index in [1.54, 1.807) is 0 Å². The number of amides is 3. The van der Waals surface area contributed by atoms with E-state index in [4.69, 9.17) is 0 Å². The van der Waals surface area contributed by atoms with Crippen LogP contribution in [0.5, 0.6) is 0 Å². The van der Waals surface area contributed by atoms with Gasteiger partial charge in [-0.25, -0.2) is 0 Å². The van der Waals surface area contributed by atoms with Crippen molar-refractivity contribution in [2.45, 2.75) is 45.2 Å². The molecule has 0 unspecified atom stereocenters. The summed E-state index contributed by atoms with van der Waals surface area (Å²) in [4.78, 5) is 40.6. The predicted octanol–water partition coefficient (Wildman–Crippen LogP) is 1.93. The lowest BCUT2D eigenvalue weighted by Crippen LogP contribution is -2.35. The molecule has 1 saturated heterocycles. The molecule has 6 nitrogen and oxygen atoms in total. The van der Waals surface area contributed by atoms with E-state index in [-0.39, 0.29) is 42.5 Å². The molecule has 2 fully saturated rings. The van der Waals surface area contributed by atoms with Crippen molar-refractivity contribution in [3.05, 3.63) is 35.4 Å². The normalized spacial score (nSPS) is 22.3. The highest BCUT2D eigenvalue weighted by molar-refractivity contribution is 6.05. The molecule has 1 N–H and O–H groups in total. The van der Waals surface area contributed by atoms with Crippen molar-refractivity contribution < 1.29 is 14.4 Å². The van der Waals surface area contributed by atoms with Crippen LogP contribution in [-0.2, 0) is 27.5 Å². The fourth-order valence-corrected chi connectivity index (χ4v) is 4.17. The number of hydrogen-bond donors (Lipinski definition) is 1. The molecule has 27 heavy (non-hydrogen) atoms. The van der Waals surface area contributed by atoms with Gasteiger partial charge in [0, 0.05) is 26.1 Å². The molecule has 0 aromatic heterocycles. The summed E-state index contributed by atoms with van der Waals surface area (Å²) in [5, 5.41) is 2.92. The van der Waals surface area contributed by atoms with Gasteiger partial charge in [-0.1, -0.05) is 37.1 Å². The molecule has 6 heteroatoms. The molecule has 1 aliphatic heterocycles. The lowest BCUT2D eigenvalue weighted by atomic mass is 9.81. The fourth-order valence-electron chi connectivity index (χ4n) is 4.17.